The summed E-state index contributed by atoms with van der Waals surface area (Å²) in [5, 5.41) is 4.73. The van der Waals surface area contributed by atoms with E-state index in [1.54, 1.807) is 0 Å². The second kappa shape index (κ2) is 4.61. The highest BCUT2D eigenvalue weighted by Gasteiger charge is 2.21. The van der Waals surface area contributed by atoms with E-state index < -0.39 is 0 Å². The van der Waals surface area contributed by atoms with Crippen LogP contribution in [-0.2, 0) is 0 Å². The Morgan fingerprint density at radius 1 is 1.42 bits per heavy atom. The molecule has 1 N–H and O–H groups in total. The highest BCUT2D eigenvalue weighted by molar-refractivity contribution is 9.09. The molecule has 0 amide bonds. The van der Waals surface area contributed by atoms with E-state index in [1.807, 2.05) is 0 Å². The highest BCUT2D eigenvalue weighted by atomic mass is 79.9. The Bertz CT molecular complexity index is 130. The van der Waals surface area contributed by atoms with E-state index >= 15 is 0 Å². The van der Waals surface area contributed by atoms with Gasteiger partial charge in [0.15, 0.2) is 0 Å². The zero-order valence-electron chi connectivity index (χ0n) is 8.20. The van der Waals surface area contributed by atoms with Crippen LogP contribution in [0.25, 0.3) is 0 Å². The molecular weight excluding hydrogens is 214 g/mol. The molecule has 0 radical (unpaired) electrons. The van der Waals surface area contributed by atoms with Crippen molar-refractivity contribution in [3.63, 3.8) is 0 Å². The first-order chi connectivity index (χ1) is 5.64. The Morgan fingerprint density at radius 2 is 2.08 bits per heavy atom. The SMILES string of the molecule is CC(C)(CCBr)NCC1CCC1. The molecule has 0 heterocycles. The maximum Gasteiger partial charge on any atom is 0.0133 e. The molecule has 1 fully saturated rings. The minimum Gasteiger partial charge on any atom is -0.311 e. The van der Waals surface area contributed by atoms with Crippen molar-refractivity contribution in [1.29, 1.82) is 0 Å². The van der Waals surface area contributed by atoms with Crippen LogP contribution in [0.1, 0.15) is 39.5 Å². The van der Waals surface area contributed by atoms with E-state index in [1.165, 1.54) is 32.2 Å². The molecule has 0 unspecified atom stereocenters. The molecule has 1 rings (SSSR count). The second-order valence-electron chi connectivity index (χ2n) is 4.50. The third-order valence-corrected chi connectivity index (χ3v) is 3.21. The van der Waals surface area contributed by atoms with Gasteiger partial charge in [-0.3, -0.25) is 0 Å². The lowest BCUT2D eigenvalue weighted by molar-refractivity contribution is 0.260. The van der Waals surface area contributed by atoms with Crippen LogP contribution < -0.4 is 5.32 Å². The average molecular weight is 234 g/mol. The molecule has 0 spiro atoms. The molecule has 0 aromatic carbocycles. The summed E-state index contributed by atoms with van der Waals surface area (Å²) in [4.78, 5) is 0. The zero-order chi connectivity index (χ0) is 9.03. The maximum absolute atomic E-state index is 3.63. The van der Waals surface area contributed by atoms with Crippen LogP contribution in [0, 0.1) is 5.92 Å². The number of nitrogens with one attached hydrogen (secondary N) is 1. The fourth-order valence-corrected chi connectivity index (χ4v) is 2.43. The Balaban J connectivity index is 2.10. The molecule has 0 bridgehead atoms. The van der Waals surface area contributed by atoms with Gasteiger partial charge in [-0.15, -0.1) is 0 Å². The minimum atomic E-state index is 0.319. The van der Waals surface area contributed by atoms with Crippen molar-refractivity contribution in [2.45, 2.75) is 45.1 Å². The number of halogens is 1. The largest absolute Gasteiger partial charge is 0.311 e. The van der Waals surface area contributed by atoms with Crippen molar-refractivity contribution >= 4 is 15.9 Å². The van der Waals surface area contributed by atoms with E-state index in [9.17, 15) is 0 Å². The average Bonchev–Trinajstić information content (AvgIpc) is 1.82. The second-order valence-corrected chi connectivity index (χ2v) is 5.29. The number of alkyl halides is 1. The molecule has 1 saturated carbocycles. The highest BCUT2D eigenvalue weighted by Crippen LogP contribution is 2.26. The van der Waals surface area contributed by atoms with Crippen molar-refractivity contribution in [2.24, 2.45) is 5.92 Å². The summed E-state index contributed by atoms with van der Waals surface area (Å²) < 4.78 is 0. The third-order valence-electron chi connectivity index (χ3n) is 2.81. The summed E-state index contributed by atoms with van der Waals surface area (Å²) >= 11 is 3.48. The van der Waals surface area contributed by atoms with Gasteiger partial charge in [0.2, 0.25) is 0 Å². The van der Waals surface area contributed by atoms with Crippen LogP contribution >= 0.6 is 15.9 Å². The first-order valence-corrected chi connectivity index (χ1v) is 6.07. The van der Waals surface area contributed by atoms with Gasteiger partial charge in [-0.25, -0.2) is 0 Å². The molecule has 2 heteroatoms. The molecule has 1 nitrogen and oxygen atoms in total. The maximum atomic E-state index is 3.63. The Kier molecular flexibility index (Phi) is 4.04. The van der Waals surface area contributed by atoms with Gasteiger partial charge < -0.3 is 5.32 Å². The monoisotopic (exact) mass is 233 g/mol. The van der Waals surface area contributed by atoms with Crippen LogP contribution in [0.15, 0.2) is 0 Å². The van der Waals surface area contributed by atoms with Gasteiger partial charge in [-0.05, 0) is 45.6 Å². The van der Waals surface area contributed by atoms with Gasteiger partial charge in [0.1, 0.15) is 0 Å². The van der Waals surface area contributed by atoms with Gasteiger partial charge in [-0.2, -0.15) is 0 Å². The summed E-state index contributed by atoms with van der Waals surface area (Å²) in [7, 11) is 0. The van der Waals surface area contributed by atoms with Crippen LogP contribution in [0.5, 0.6) is 0 Å². The van der Waals surface area contributed by atoms with Gasteiger partial charge in [0.05, 0.1) is 0 Å². The number of hydrogen-bond acceptors (Lipinski definition) is 1. The molecular formula is C10H20BrN. The molecule has 0 saturated heterocycles. The molecule has 0 aromatic heterocycles. The Labute approximate surface area is 84.4 Å². The lowest BCUT2D eigenvalue weighted by atomic mass is 9.85. The molecule has 12 heavy (non-hydrogen) atoms. The molecule has 1 aliphatic carbocycles. The van der Waals surface area contributed by atoms with Crippen molar-refractivity contribution in [3.8, 4) is 0 Å². The van der Waals surface area contributed by atoms with Crippen LogP contribution in [0.4, 0.5) is 0 Å². The molecule has 0 aromatic rings. The smallest absolute Gasteiger partial charge is 0.0133 e. The topological polar surface area (TPSA) is 12.0 Å². The predicted octanol–water partition coefficient (Wildman–Crippen LogP) is 2.94. The van der Waals surface area contributed by atoms with Crippen molar-refractivity contribution in [1.82, 2.24) is 5.32 Å². The minimum absolute atomic E-state index is 0.319. The predicted molar refractivity (Wildman–Crippen MR) is 57.8 cm³/mol. The van der Waals surface area contributed by atoms with Crippen LogP contribution in [-0.4, -0.2) is 17.4 Å². The van der Waals surface area contributed by atoms with Gasteiger partial charge in [0, 0.05) is 10.9 Å². The van der Waals surface area contributed by atoms with Crippen LogP contribution in [0.3, 0.4) is 0 Å². The molecule has 0 atom stereocenters. The first kappa shape index (κ1) is 10.5. The summed E-state index contributed by atoms with van der Waals surface area (Å²) in [6.45, 7) is 5.79. The van der Waals surface area contributed by atoms with Gasteiger partial charge in [-0.1, -0.05) is 22.4 Å². The van der Waals surface area contributed by atoms with Gasteiger partial charge in [0.25, 0.3) is 0 Å². The van der Waals surface area contributed by atoms with E-state index in [-0.39, 0.29) is 0 Å². The summed E-state index contributed by atoms with van der Waals surface area (Å²) in [6.07, 6.45) is 5.54. The normalized spacial score (nSPS) is 19.2. The third kappa shape index (κ3) is 3.44. The molecule has 0 aliphatic heterocycles. The van der Waals surface area contributed by atoms with E-state index in [0.29, 0.717) is 5.54 Å². The van der Waals surface area contributed by atoms with E-state index in [4.69, 9.17) is 0 Å². The number of rotatable bonds is 5. The lowest BCUT2D eigenvalue weighted by Crippen LogP contribution is -2.43. The van der Waals surface area contributed by atoms with E-state index in [0.717, 1.165) is 11.2 Å². The fraction of sp³-hybridized carbons (Fsp3) is 1.00. The summed E-state index contributed by atoms with van der Waals surface area (Å²) in [6, 6.07) is 0. The van der Waals surface area contributed by atoms with Crippen molar-refractivity contribution in [2.75, 3.05) is 11.9 Å². The number of hydrogen-bond donors (Lipinski definition) is 1. The standard InChI is InChI=1S/C10H20BrN/c1-10(2,6-7-11)12-8-9-4-3-5-9/h9,12H,3-8H2,1-2H3. The quantitative estimate of drug-likeness (QED) is 0.721. The van der Waals surface area contributed by atoms with Crippen molar-refractivity contribution < 1.29 is 0 Å². The van der Waals surface area contributed by atoms with E-state index in [2.05, 4.69) is 35.1 Å². The summed E-state index contributed by atoms with van der Waals surface area (Å²) in [5.41, 5.74) is 0.319. The zero-order valence-corrected chi connectivity index (χ0v) is 9.78. The lowest BCUT2D eigenvalue weighted by Gasteiger charge is -2.32. The summed E-state index contributed by atoms with van der Waals surface area (Å²) in [5.74, 6) is 0.972. The molecule has 1 aliphatic rings. The van der Waals surface area contributed by atoms with Crippen molar-refractivity contribution in [3.05, 3.63) is 0 Å². The first-order valence-electron chi connectivity index (χ1n) is 4.95. The molecule has 72 valence electrons. The fourth-order valence-electron chi connectivity index (χ4n) is 1.44. The van der Waals surface area contributed by atoms with Crippen LogP contribution in [0.2, 0.25) is 0 Å². The Hall–Kier alpha value is 0.440. The van der Waals surface area contributed by atoms with Gasteiger partial charge >= 0.3 is 0 Å². The Morgan fingerprint density at radius 3 is 2.50 bits per heavy atom.